The van der Waals surface area contributed by atoms with Gasteiger partial charge in [0.2, 0.25) is 0 Å². The number of hydrogen-bond donors (Lipinski definition) is 0. The second kappa shape index (κ2) is 8.47. The summed E-state index contributed by atoms with van der Waals surface area (Å²) in [6.45, 7) is 1.04. The van der Waals surface area contributed by atoms with Crippen molar-refractivity contribution in [1.82, 2.24) is 4.90 Å². The molecule has 9 heteroatoms. The highest BCUT2D eigenvalue weighted by molar-refractivity contribution is 8.26. The Morgan fingerprint density at radius 2 is 2.11 bits per heavy atom. The number of thioether (sulfide) groups is 1. The first kappa shape index (κ1) is 19.3. The normalized spacial score (nSPS) is 15.7. The van der Waals surface area contributed by atoms with Gasteiger partial charge in [-0.1, -0.05) is 36.1 Å². The summed E-state index contributed by atoms with van der Waals surface area (Å²) in [7, 11) is 1.61. The molecule has 1 aromatic heterocycles. The van der Waals surface area contributed by atoms with E-state index in [1.165, 1.54) is 22.7 Å². The summed E-state index contributed by atoms with van der Waals surface area (Å²) in [4.78, 5) is 25.2. The molecule has 0 N–H and O–H groups in total. The van der Waals surface area contributed by atoms with Gasteiger partial charge in [-0.3, -0.25) is 19.8 Å². The summed E-state index contributed by atoms with van der Waals surface area (Å²) in [5.41, 5.74) is 0.345. The highest BCUT2D eigenvalue weighted by Crippen LogP contribution is 2.35. The average molecular weight is 404 g/mol. The molecule has 2 heterocycles. The van der Waals surface area contributed by atoms with Gasteiger partial charge in [0.1, 0.15) is 15.8 Å². The quantitative estimate of drug-likeness (QED) is 0.226. The highest BCUT2D eigenvalue weighted by Gasteiger charge is 2.31. The number of nitro benzene ring substituents is 1. The van der Waals surface area contributed by atoms with E-state index in [-0.39, 0.29) is 11.6 Å². The van der Waals surface area contributed by atoms with Crippen LogP contribution in [0.2, 0.25) is 0 Å². The third kappa shape index (κ3) is 4.26. The number of methoxy groups -OCH3 is 1. The van der Waals surface area contributed by atoms with Crippen molar-refractivity contribution in [2.75, 3.05) is 20.3 Å². The third-order valence-corrected chi connectivity index (χ3v) is 5.25. The van der Waals surface area contributed by atoms with E-state index in [0.717, 1.165) is 0 Å². The van der Waals surface area contributed by atoms with Gasteiger partial charge in [-0.05, 0) is 24.6 Å². The van der Waals surface area contributed by atoms with Crippen molar-refractivity contribution in [3.8, 4) is 11.3 Å². The van der Waals surface area contributed by atoms with Crippen molar-refractivity contribution in [2.45, 2.75) is 6.42 Å². The molecule has 0 atom stereocenters. The summed E-state index contributed by atoms with van der Waals surface area (Å²) in [6.07, 6.45) is 2.30. The first-order chi connectivity index (χ1) is 13.0. The van der Waals surface area contributed by atoms with Crippen LogP contribution in [0, 0.1) is 10.1 Å². The van der Waals surface area contributed by atoms with E-state index in [9.17, 15) is 14.9 Å². The number of nitrogens with zero attached hydrogens (tertiary/aromatic N) is 2. The van der Waals surface area contributed by atoms with Gasteiger partial charge in [0, 0.05) is 32.4 Å². The minimum absolute atomic E-state index is 0.0390. The van der Waals surface area contributed by atoms with Crippen LogP contribution in [0.25, 0.3) is 17.4 Å². The van der Waals surface area contributed by atoms with Gasteiger partial charge in [-0.25, -0.2) is 0 Å². The number of thiocarbonyl (C=S) groups is 1. The Morgan fingerprint density at radius 1 is 1.33 bits per heavy atom. The first-order valence-corrected chi connectivity index (χ1v) is 9.31. The lowest BCUT2D eigenvalue weighted by Gasteiger charge is -2.13. The molecule has 1 amide bonds. The minimum atomic E-state index is -0.456. The smallest absolute Gasteiger partial charge is 0.280 e. The summed E-state index contributed by atoms with van der Waals surface area (Å²) in [5.74, 6) is 0.620. The molecule has 0 unspecified atom stereocenters. The van der Waals surface area contributed by atoms with Crippen molar-refractivity contribution >= 4 is 46.0 Å². The Hall–Kier alpha value is -2.49. The average Bonchev–Trinajstić information content (AvgIpc) is 3.22. The Balaban J connectivity index is 1.81. The maximum atomic E-state index is 12.5. The SMILES string of the molecule is COCCCN1C(=O)/C(=C/c2ccc(-c3ccccc3[N+](=O)[O-])o2)SC1=S. The van der Waals surface area contributed by atoms with Gasteiger partial charge in [-0.2, -0.15) is 0 Å². The highest BCUT2D eigenvalue weighted by atomic mass is 32.2. The predicted molar refractivity (Wildman–Crippen MR) is 107 cm³/mol. The molecule has 0 saturated carbocycles. The molecule has 1 aliphatic heterocycles. The number of benzene rings is 1. The standard InChI is InChI=1S/C18H16N2O5S2/c1-24-10-4-9-19-17(21)16(27-18(19)26)11-12-7-8-15(25-12)13-5-2-3-6-14(13)20(22)23/h2-3,5-8,11H,4,9-10H2,1H3/b16-11-. The molecule has 1 aromatic carbocycles. The van der Waals surface area contributed by atoms with Gasteiger partial charge >= 0.3 is 0 Å². The Kier molecular flexibility index (Phi) is 6.04. The number of ether oxygens (including phenoxy) is 1. The van der Waals surface area contributed by atoms with E-state index in [4.69, 9.17) is 21.4 Å². The molecule has 3 rings (SSSR count). The van der Waals surface area contributed by atoms with Crippen molar-refractivity contribution in [3.63, 3.8) is 0 Å². The lowest BCUT2D eigenvalue weighted by atomic mass is 10.1. The van der Waals surface area contributed by atoms with Crippen LogP contribution in [0.3, 0.4) is 0 Å². The molecule has 7 nitrogen and oxygen atoms in total. The van der Waals surface area contributed by atoms with Gasteiger partial charge in [0.15, 0.2) is 0 Å². The molecule has 1 saturated heterocycles. The monoisotopic (exact) mass is 404 g/mol. The Labute approximate surface area is 165 Å². The molecule has 2 aromatic rings. The number of carbonyl (C=O) groups excluding carboxylic acids is 1. The van der Waals surface area contributed by atoms with Crippen LogP contribution in [0.1, 0.15) is 12.2 Å². The number of para-hydroxylation sites is 1. The summed E-state index contributed by atoms with van der Waals surface area (Å²) >= 11 is 6.48. The summed E-state index contributed by atoms with van der Waals surface area (Å²) < 4.78 is 11.2. The van der Waals surface area contributed by atoms with Gasteiger partial charge < -0.3 is 9.15 Å². The van der Waals surface area contributed by atoms with Gasteiger partial charge in [0.05, 0.1) is 15.4 Å². The van der Waals surface area contributed by atoms with Crippen molar-refractivity contribution in [2.24, 2.45) is 0 Å². The summed E-state index contributed by atoms with van der Waals surface area (Å²) in [6, 6.07) is 9.66. The first-order valence-electron chi connectivity index (χ1n) is 8.09. The number of furan rings is 1. The lowest BCUT2D eigenvalue weighted by Crippen LogP contribution is -2.29. The number of rotatable bonds is 7. The Bertz CT molecular complexity index is 922. The molecular weight excluding hydrogens is 388 g/mol. The van der Waals surface area contributed by atoms with E-state index in [1.54, 1.807) is 43.5 Å². The second-order valence-corrected chi connectivity index (χ2v) is 7.33. The number of hydrogen-bond acceptors (Lipinski definition) is 7. The molecule has 0 spiro atoms. The molecule has 140 valence electrons. The van der Waals surface area contributed by atoms with Crippen LogP contribution in [-0.2, 0) is 9.53 Å². The fraction of sp³-hybridized carbons (Fsp3) is 0.222. The van der Waals surface area contributed by atoms with Crippen LogP contribution in [0.15, 0.2) is 45.7 Å². The fourth-order valence-electron chi connectivity index (χ4n) is 2.61. The van der Waals surface area contributed by atoms with E-state index >= 15 is 0 Å². The van der Waals surface area contributed by atoms with Crippen molar-refractivity contribution < 1.29 is 18.9 Å². The minimum Gasteiger partial charge on any atom is -0.456 e. The maximum Gasteiger partial charge on any atom is 0.280 e. The van der Waals surface area contributed by atoms with Crippen molar-refractivity contribution in [3.05, 3.63) is 57.2 Å². The van der Waals surface area contributed by atoms with Gasteiger partial charge in [0.25, 0.3) is 11.6 Å². The molecule has 27 heavy (non-hydrogen) atoms. The van der Waals surface area contributed by atoms with Crippen LogP contribution in [0.5, 0.6) is 0 Å². The van der Waals surface area contributed by atoms with Crippen LogP contribution in [-0.4, -0.2) is 40.3 Å². The molecular formula is C18H16N2O5S2. The van der Waals surface area contributed by atoms with Gasteiger partial charge in [-0.15, -0.1) is 0 Å². The molecule has 0 bridgehead atoms. The third-order valence-electron chi connectivity index (χ3n) is 3.87. The number of nitro groups is 1. The van der Waals surface area contributed by atoms with Crippen LogP contribution >= 0.6 is 24.0 Å². The molecule has 0 aliphatic carbocycles. The predicted octanol–water partition coefficient (Wildman–Crippen LogP) is 4.09. The molecule has 1 aliphatic rings. The largest absolute Gasteiger partial charge is 0.456 e. The topological polar surface area (TPSA) is 85.8 Å². The zero-order valence-corrected chi connectivity index (χ0v) is 16.0. The maximum absolute atomic E-state index is 12.5. The zero-order chi connectivity index (χ0) is 19.4. The van der Waals surface area contributed by atoms with Crippen molar-refractivity contribution in [1.29, 1.82) is 0 Å². The van der Waals surface area contributed by atoms with E-state index in [1.807, 2.05) is 0 Å². The van der Waals surface area contributed by atoms with E-state index < -0.39 is 4.92 Å². The molecule has 0 radical (unpaired) electrons. The Morgan fingerprint density at radius 3 is 2.85 bits per heavy atom. The van der Waals surface area contributed by atoms with E-state index in [0.29, 0.717) is 45.9 Å². The zero-order valence-electron chi connectivity index (χ0n) is 14.4. The number of amides is 1. The van der Waals surface area contributed by atoms with E-state index in [2.05, 4.69) is 0 Å². The summed E-state index contributed by atoms with van der Waals surface area (Å²) in [5, 5.41) is 11.2. The number of carbonyl (C=O) groups is 1. The second-order valence-electron chi connectivity index (χ2n) is 5.66. The van der Waals surface area contributed by atoms with Crippen LogP contribution in [0.4, 0.5) is 5.69 Å². The van der Waals surface area contributed by atoms with Crippen LogP contribution < -0.4 is 0 Å². The molecule has 1 fully saturated rings. The lowest BCUT2D eigenvalue weighted by molar-refractivity contribution is -0.384. The fourth-order valence-corrected chi connectivity index (χ4v) is 3.89.